The molecule has 1 aliphatic carbocycles. The predicted molar refractivity (Wildman–Crippen MR) is 67.3 cm³/mol. The highest BCUT2D eigenvalue weighted by Crippen LogP contribution is 2.69. The molecule has 1 aromatic rings. The molecular formula is C14H8F11NO. The first-order valence-electron chi connectivity index (χ1n) is 6.90. The predicted octanol–water partition coefficient (Wildman–Crippen LogP) is 4.31. The number of benzene rings is 1. The summed E-state index contributed by atoms with van der Waals surface area (Å²) in [6, 6.07) is 5.66. The highest BCUT2D eigenvalue weighted by atomic mass is 19.4. The topological polar surface area (TPSA) is 29.1 Å². The monoisotopic (exact) mass is 415 g/mol. The Morgan fingerprint density at radius 2 is 1.04 bits per heavy atom. The summed E-state index contributed by atoms with van der Waals surface area (Å²) in [4.78, 5) is 11.6. The lowest BCUT2D eigenvalue weighted by Crippen LogP contribution is -2.85. The summed E-state index contributed by atoms with van der Waals surface area (Å²) in [7, 11) is 0. The van der Waals surface area contributed by atoms with Crippen LogP contribution in [-0.4, -0.2) is 47.7 Å². The maximum absolute atomic E-state index is 14.3. The molecule has 2 rings (SSSR count). The van der Waals surface area contributed by atoms with Gasteiger partial charge in [-0.15, -0.1) is 0 Å². The van der Waals surface area contributed by atoms with Crippen LogP contribution in [0.5, 0.6) is 0 Å². The van der Waals surface area contributed by atoms with Crippen LogP contribution in [0.3, 0.4) is 0 Å². The maximum atomic E-state index is 14.3. The Morgan fingerprint density at radius 1 is 0.667 bits per heavy atom. The molecule has 0 atom stereocenters. The Kier molecular flexibility index (Phi) is 4.49. The molecule has 1 aromatic carbocycles. The summed E-state index contributed by atoms with van der Waals surface area (Å²) in [5, 5.41) is 1.04. The van der Waals surface area contributed by atoms with Crippen molar-refractivity contribution < 1.29 is 53.1 Å². The molecule has 152 valence electrons. The van der Waals surface area contributed by atoms with Gasteiger partial charge >= 0.3 is 29.6 Å². The summed E-state index contributed by atoms with van der Waals surface area (Å²) in [5.74, 6) is -37.1. The number of rotatable bonds is 3. The minimum atomic E-state index is -7.27. The van der Waals surface area contributed by atoms with E-state index in [0.717, 1.165) is 17.4 Å². The molecule has 0 spiro atoms. The number of halogens is 11. The summed E-state index contributed by atoms with van der Waals surface area (Å²) in [5.41, 5.74) is -6.67. The molecule has 0 unspecified atom stereocenters. The molecule has 0 aliphatic heterocycles. The van der Waals surface area contributed by atoms with Crippen LogP contribution in [0.2, 0.25) is 0 Å². The van der Waals surface area contributed by atoms with E-state index in [1.807, 2.05) is 0 Å². The third-order valence-corrected chi connectivity index (χ3v) is 4.10. The molecule has 0 radical (unpaired) electrons. The van der Waals surface area contributed by atoms with Gasteiger partial charge < -0.3 is 5.32 Å². The van der Waals surface area contributed by atoms with Gasteiger partial charge in [-0.05, 0) is 12.1 Å². The Hall–Kier alpha value is -2.08. The highest BCUT2D eigenvalue weighted by molar-refractivity contribution is 5.94. The lowest BCUT2D eigenvalue weighted by Gasteiger charge is -2.52. The zero-order chi connectivity index (χ0) is 21.1. The number of hydrogen-bond donors (Lipinski definition) is 1. The number of alkyl halides is 11. The fourth-order valence-electron chi connectivity index (χ4n) is 2.40. The van der Waals surface area contributed by atoms with Gasteiger partial charge in [0.15, 0.2) is 0 Å². The quantitative estimate of drug-likeness (QED) is 0.733. The minimum Gasteiger partial charge on any atom is -0.348 e. The first-order chi connectivity index (χ1) is 12.0. The van der Waals surface area contributed by atoms with Crippen LogP contribution in [0.1, 0.15) is 10.4 Å². The largest absolute Gasteiger partial charge is 0.384 e. The molecule has 13 heteroatoms. The van der Waals surface area contributed by atoms with Gasteiger partial charge in [-0.2, -0.15) is 43.9 Å². The van der Waals surface area contributed by atoms with Crippen LogP contribution in [-0.2, 0) is 0 Å². The molecule has 1 aliphatic rings. The molecule has 1 N–H and O–H groups in total. The zero-order valence-corrected chi connectivity index (χ0v) is 12.7. The third kappa shape index (κ3) is 2.35. The van der Waals surface area contributed by atoms with Gasteiger partial charge in [0.05, 0.1) is 6.54 Å². The molecule has 1 fully saturated rings. The first-order valence-corrected chi connectivity index (χ1v) is 6.90. The van der Waals surface area contributed by atoms with E-state index in [-0.39, 0.29) is 0 Å². The molecule has 27 heavy (non-hydrogen) atoms. The van der Waals surface area contributed by atoms with E-state index in [9.17, 15) is 53.1 Å². The van der Waals surface area contributed by atoms with Crippen LogP contribution in [0.4, 0.5) is 48.3 Å². The molecule has 1 saturated carbocycles. The number of hydrogen-bond acceptors (Lipinski definition) is 1. The standard InChI is InChI=1S/C14H8F11NO/c15-9(6-26-8(27)7-4-2-1-3-5-7)10(16,17)12(20,21)14(24,25)13(22,23)11(9,18)19/h1-5H,6H2,(H,26,27). The van der Waals surface area contributed by atoms with E-state index in [1.165, 1.54) is 18.2 Å². The van der Waals surface area contributed by atoms with E-state index >= 15 is 0 Å². The number of nitrogens with one attached hydrogen (secondary N) is 1. The SMILES string of the molecule is O=C(NCC1(F)C(F)(F)C(F)(F)C(F)(F)C(F)(F)C1(F)F)c1ccccc1. The van der Waals surface area contributed by atoms with Gasteiger partial charge in [0, 0.05) is 5.56 Å². The normalized spacial score (nSPS) is 26.2. The average Bonchev–Trinajstić information content (AvgIpc) is 2.58. The molecule has 0 saturated heterocycles. The summed E-state index contributed by atoms with van der Waals surface area (Å²) in [6.07, 6.45) is 0. The van der Waals surface area contributed by atoms with Crippen molar-refractivity contribution in [2.45, 2.75) is 35.3 Å². The van der Waals surface area contributed by atoms with Crippen LogP contribution in [0.15, 0.2) is 30.3 Å². The second-order valence-electron chi connectivity index (χ2n) is 5.72. The van der Waals surface area contributed by atoms with Gasteiger partial charge in [0.25, 0.3) is 11.6 Å². The van der Waals surface area contributed by atoms with Crippen molar-refractivity contribution in [2.24, 2.45) is 0 Å². The summed E-state index contributed by atoms with van der Waals surface area (Å²) >= 11 is 0. The van der Waals surface area contributed by atoms with E-state index in [0.29, 0.717) is 0 Å². The molecule has 0 bridgehead atoms. The molecule has 2 nitrogen and oxygen atoms in total. The average molecular weight is 415 g/mol. The number of amides is 1. The lowest BCUT2D eigenvalue weighted by atomic mass is 9.72. The Bertz CT molecular complexity index is 702. The van der Waals surface area contributed by atoms with E-state index < -0.39 is 53.3 Å². The van der Waals surface area contributed by atoms with Crippen LogP contribution >= 0.6 is 0 Å². The van der Waals surface area contributed by atoms with Gasteiger partial charge in [-0.1, -0.05) is 18.2 Å². The van der Waals surface area contributed by atoms with Crippen molar-refractivity contribution in [3.05, 3.63) is 35.9 Å². The second-order valence-corrected chi connectivity index (χ2v) is 5.72. The Morgan fingerprint density at radius 3 is 1.44 bits per heavy atom. The zero-order valence-electron chi connectivity index (χ0n) is 12.7. The Labute approximate surface area is 143 Å². The van der Waals surface area contributed by atoms with E-state index in [2.05, 4.69) is 0 Å². The molecule has 0 aromatic heterocycles. The lowest BCUT2D eigenvalue weighted by molar-refractivity contribution is -0.483. The fraction of sp³-hybridized carbons (Fsp3) is 0.500. The summed E-state index contributed by atoms with van der Waals surface area (Å²) < 4.78 is 148. The number of carbonyl (C=O) groups is 1. The van der Waals surface area contributed by atoms with Crippen molar-refractivity contribution in [2.75, 3.05) is 6.54 Å². The fourth-order valence-corrected chi connectivity index (χ4v) is 2.40. The minimum absolute atomic E-state index is 0.451. The van der Waals surface area contributed by atoms with Crippen molar-refractivity contribution in [1.29, 1.82) is 0 Å². The van der Waals surface area contributed by atoms with E-state index in [1.54, 1.807) is 0 Å². The van der Waals surface area contributed by atoms with Crippen molar-refractivity contribution in [3.63, 3.8) is 0 Å². The first kappa shape index (κ1) is 21.2. The van der Waals surface area contributed by atoms with Crippen LogP contribution in [0, 0.1) is 0 Å². The second kappa shape index (κ2) is 5.71. The third-order valence-electron chi connectivity index (χ3n) is 4.10. The van der Waals surface area contributed by atoms with Crippen molar-refractivity contribution in [1.82, 2.24) is 5.32 Å². The number of carbonyl (C=O) groups excluding carboxylic acids is 1. The smallest absolute Gasteiger partial charge is 0.348 e. The molecular weight excluding hydrogens is 407 g/mol. The van der Waals surface area contributed by atoms with Gasteiger partial charge in [0.1, 0.15) is 0 Å². The van der Waals surface area contributed by atoms with Gasteiger partial charge in [-0.25, -0.2) is 4.39 Å². The van der Waals surface area contributed by atoms with Crippen LogP contribution < -0.4 is 5.32 Å². The van der Waals surface area contributed by atoms with Gasteiger partial charge in [-0.3, -0.25) is 4.79 Å². The Balaban J connectivity index is 2.50. The van der Waals surface area contributed by atoms with Crippen LogP contribution in [0.25, 0.3) is 0 Å². The van der Waals surface area contributed by atoms with E-state index in [4.69, 9.17) is 0 Å². The van der Waals surface area contributed by atoms with Gasteiger partial charge in [0.2, 0.25) is 0 Å². The molecule has 0 heterocycles. The van der Waals surface area contributed by atoms with Crippen molar-refractivity contribution >= 4 is 5.91 Å². The highest BCUT2D eigenvalue weighted by Gasteiger charge is 3.00. The molecule has 1 amide bonds. The van der Waals surface area contributed by atoms with Crippen molar-refractivity contribution in [3.8, 4) is 0 Å². The summed E-state index contributed by atoms with van der Waals surface area (Å²) in [6.45, 7) is -2.79. The maximum Gasteiger partial charge on any atom is 0.384 e.